The molecule has 0 atom stereocenters. The Kier molecular flexibility index (Phi) is 3.06. The summed E-state index contributed by atoms with van der Waals surface area (Å²) in [4.78, 5) is 1.02. The molecule has 1 aromatic heterocycles. The summed E-state index contributed by atoms with van der Waals surface area (Å²) in [6.45, 7) is 1.88. The Balaban J connectivity index is 1.96. The summed E-state index contributed by atoms with van der Waals surface area (Å²) >= 11 is 1.60. The molecule has 1 aromatic carbocycles. The zero-order valence-corrected chi connectivity index (χ0v) is 9.05. The van der Waals surface area contributed by atoms with Crippen LogP contribution in [0.2, 0.25) is 0 Å². The van der Waals surface area contributed by atoms with Crippen LogP contribution in [0, 0.1) is 12.7 Å². The molecule has 4 heteroatoms. The summed E-state index contributed by atoms with van der Waals surface area (Å²) in [6, 6.07) is 8.31. The molecule has 0 N–H and O–H groups in total. The van der Waals surface area contributed by atoms with Gasteiger partial charge in [0.15, 0.2) is 0 Å². The molecule has 0 aliphatic rings. The van der Waals surface area contributed by atoms with Gasteiger partial charge in [0.25, 0.3) is 0 Å². The predicted octanol–water partition coefficient (Wildman–Crippen LogP) is 3.41. The molecule has 0 aliphatic carbocycles. The molecule has 1 heterocycles. The number of aryl methyl sites for hydroxylation is 1. The second-order valence-corrected chi connectivity index (χ2v) is 4.23. The van der Waals surface area contributed by atoms with E-state index in [1.54, 1.807) is 23.9 Å². The van der Waals surface area contributed by atoms with E-state index in [4.69, 9.17) is 4.52 Å². The van der Waals surface area contributed by atoms with E-state index >= 15 is 0 Å². The van der Waals surface area contributed by atoms with Crippen LogP contribution < -0.4 is 0 Å². The fourth-order valence-electron chi connectivity index (χ4n) is 1.17. The summed E-state index contributed by atoms with van der Waals surface area (Å²) < 4.78 is 17.7. The van der Waals surface area contributed by atoms with Gasteiger partial charge >= 0.3 is 0 Å². The average molecular weight is 223 g/mol. The third-order valence-electron chi connectivity index (χ3n) is 1.87. The van der Waals surface area contributed by atoms with E-state index in [0.29, 0.717) is 5.75 Å². The second-order valence-electron chi connectivity index (χ2n) is 3.18. The SMILES string of the molecule is Cc1cc(CSc2ccc(F)cc2)on1. The zero-order chi connectivity index (χ0) is 10.7. The van der Waals surface area contributed by atoms with Crippen molar-refractivity contribution in [3.05, 3.63) is 47.6 Å². The third-order valence-corrected chi connectivity index (χ3v) is 2.91. The predicted molar refractivity (Wildman–Crippen MR) is 57.2 cm³/mol. The standard InChI is InChI=1S/C11H10FNOS/c1-8-6-10(14-13-8)7-15-11-4-2-9(12)3-5-11/h2-6H,7H2,1H3. The van der Waals surface area contributed by atoms with Gasteiger partial charge in [0.1, 0.15) is 11.6 Å². The van der Waals surface area contributed by atoms with Gasteiger partial charge in [0, 0.05) is 11.0 Å². The van der Waals surface area contributed by atoms with Crippen LogP contribution in [0.5, 0.6) is 0 Å². The lowest BCUT2D eigenvalue weighted by atomic mass is 10.4. The lowest BCUT2D eigenvalue weighted by molar-refractivity contribution is 0.391. The lowest BCUT2D eigenvalue weighted by Crippen LogP contribution is -1.77. The third kappa shape index (κ3) is 2.83. The first-order valence-corrected chi connectivity index (χ1v) is 5.53. The Morgan fingerprint density at radius 1 is 1.33 bits per heavy atom. The van der Waals surface area contributed by atoms with Crippen molar-refractivity contribution in [1.29, 1.82) is 0 Å². The number of halogens is 1. The molecule has 0 saturated carbocycles. The van der Waals surface area contributed by atoms with Gasteiger partial charge in [-0.3, -0.25) is 0 Å². The Morgan fingerprint density at radius 3 is 2.67 bits per heavy atom. The van der Waals surface area contributed by atoms with Gasteiger partial charge in [-0.05, 0) is 31.2 Å². The first-order valence-electron chi connectivity index (χ1n) is 4.54. The van der Waals surface area contributed by atoms with Gasteiger partial charge < -0.3 is 4.52 Å². The lowest BCUT2D eigenvalue weighted by Gasteiger charge is -1.97. The van der Waals surface area contributed by atoms with Crippen LogP contribution in [-0.2, 0) is 5.75 Å². The fourth-order valence-corrected chi connectivity index (χ4v) is 1.94. The van der Waals surface area contributed by atoms with Crippen molar-refractivity contribution in [3.63, 3.8) is 0 Å². The smallest absolute Gasteiger partial charge is 0.147 e. The molecule has 0 unspecified atom stereocenters. The van der Waals surface area contributed by atoms with Crippen molar-refractivity contribution in [2.45, 2.75) is 17.6 Å². The van der Waals surface area contributed by atoms with E-state index in [9.17, 15) is 4.39 Å². The van der Waals surface area contributed by atoms with Crippen molar-refractivity contribution in [1.82, 2.24) is 5.16 Å². The van der Waals surface area contributed by atoms with Gasteiger partial charge in [-0.2, -0.15) is 0 Å². The monoisotopic (exact) mass is 223 g/mol. The zero-order valence-electron chi connectivity index (χ0n) is 8.24. The minimum Gasteiger partial charge on any atom is -0.360 e. The highest BCUT2D eigenvalue weighted by atomic mass is 32.2. The summed E-state index contributed by atoms with van der Waals surface area (Å²) in [6.07, 6.45) is 0. The van der Waals surface area contributed by atoms with E-state index in [1.165, 1.54) is 12.1 Å². The van der Waals surface area contributed by atoms with E-state index in [-0.39, 0.29) is 5.82 Å². The van der Waals surface area contributed by atoms with Gasteiger partial charge in [-0.1, -0.05) is 5.16 Å². The number of benzene rings is 1. The molecule has 0 fully saturated rings. The van der Waals surface area contributed by atoms with Crippen molar-refractivity contribution in [2.24, 2.45) is 0 Å². The fraction of sp³-hybridized carbons (Fsp3) is 0.182. The van der Waals surface area contributed by atoms with Crippen molar-refractivity contribution in [3.8, 4) is 0 Å². The van der Waals surface area contributed by atoms with Gasteiger partial charge in [0.05, 0.1) is 11.4 Å². The summed E-state index contributed by atoms with van der Waals surface area (Å²) in [5.41, 5.74) is 0.879. The molecule has 0 aliphatic heterocycles. The first kappa shape index (κ1) is 10.2. The van der Waals surface area contributed by atoms with Gasteiger partial charge in [-0.15, -0.1) is 11.8 Å². The Morgan fingerprint density at radius 2 is 2.07 bits per heavy atom. The van der Waals surface area contributed by atoms with E-state index in [0.717, 1.165) is 16.3 Å². The van der Waals surface area contributed by atoms with Crippen LogP contribution in [0.4, 0.5) is 4.39 Å². The summed E-state index contributed by atoms with van der Waals surface area (Å²) in [5.74, 6) is 1.34. The number of nitrogens with zero attached hydrogens (tertiary/aromatic N) is 1. The van der Waals surface area contributed by atoms with Gasteiger partial charge in [0.2, 0.25) is 0 Å². The van der Waals surface area contributed by atoms with Crippen LogP contribution in [0.1, 0.15) is 11.5 Å². The quantitative estimate of drug-likeness (QED) is 0.746. The molecule has 0 amide bonds. The number of hydrogen-bond donors (Lipinski definition) is 0. The maximum Gasteiger partial charge on any atom is 0.147 e. The summed E-state index contributed by atoms with van der Waals surface area (Å²) in [5, 5.41) is 3.79. The number of hydrogen-bond acceptors (Lipinski definition) is 3. The molecule has 0 saturated heterocycles. The van der Waals surface area contributed by atoms with E-state index in [2.05, 4.69) is 5.16 Å². The molecular weight excluding hydrogens is 213 g/mol. The summed E-state index contributed by atoms with van der Waals surface area (Å²) in [7, 11) is 0. The van der Waals surface area contributed by atoms with E-state index < -0.39 is 0 Å². The maximum absolute atomic E-state index is 12.6. The Bertz CT molecular complexity index is 438. The highest BCUT2D eigenvalue weighted by Crippen LogP contribution is 2.22. The Hall–Kier alpha value is -1.29. The van der Waals surface area contributed by atoms with Crippen LogP contribution in [0.3, 0.4) is 0 Å². The van der Waals surface area contributed by atoms with Crippen LogP contribution in [0.15, 0.2) is 39.8 Å². The minimum atomic E-state index is -0.213. The maximum atomic E-state index is 12.6. The van der Waals surface area contributed by atoms with E-state index in [1.807, 2.05) is 13.0 Å². The molecular formula is C11H10FNOS. The molecule has 0 radical (unpaired) electrons. The number of rotatable bonds is 3. The van der Waals surface area contributed by atoms with Gasteiger partial charge in [-0.25, -0.2) is 4.39 Å². The number of aromatic nitrogens is 1. The topological polar surface area (TPSA) is 26.0 Å². The molecule has 2 rings (SSSR count). The van der Waals surface area contributed by atoms with Crippen molar-refractivity contribution >= 4 is 11.8 Å². The second kappa shape index (κ2) is 4.49. The largest absolute Gasteiger partial charge is 0.360 e. The van der Waals surface area contributed by atoms with Crippen LogP contribution in [0.25, 0.3) is 0 Å². The van der Waals surface area contributed by atoms with Crippen molar-refractivity contribution < 1.29 is 8.91 Å². The Labute approximate surface area is 91.5 Å². The van der Waals surface area contributed by atoms with Crippen molar-refractivity contribution in [2.75, 3.05) is 0 Å². The molecule has 0 bridgehead atoms. The van der Waals surface area contributed by atoms with Crippen LogP contribution >= 0.6 is 11.8 Å². The normalized spacial score (nSPS) is 10.5. The average Bonchev–Trinajstić information content (AvgIpc) is 2.64. The molecule has 0 spiro atoms. The minimum absolute atomic E-state index is 0.213. The number of thioether (sulfide) groups is 1. The molecule has 78 valence electrons. The highest BCUT2D eigenvalue weighted by Gasteiger charge is 2.01. The molecule has 15 heavy (non-hydrogen) atoms. The van der Waals surface area contributed by atoms with Crippen LogP contribution in [-0.4, -0.2) is 5.16 Å². The molecule has 2 aromatic rings. The first-order chi connectivity index (χ1) is 7.24. The highest BCUT2D eigenvalue weighted by molar-refractivity contribution is 7.98. The molecule has 2 nitrogen and oxygen atoms in total.